The Kier molecular flexibility index (Phi) is 11.2. The molecule has 5 amide bonds. The van der Waals surface area contributed by atoms with Gasteiger partial charge in [-0.3, -0.25) is 39.0 Å². The van der Waals surface area contributed by atoms with Crippen molar-refractivity contribution in [2.24, 2.45) is 0 Å². The van der Waals surface area contributed by atoms with Crippen molar-refractivity contribution in [3.8, 4) is 6.07 Å². The number of amides is 5. The summed E-state index contributed by atoms with van der Waals surface area (Å²) < 4.78 is 11.4. The molecule has 0 radical (unpaired) electrons. The number of aromatic amines is 1. The standard InChI is InChI=1S/C45H49N7O8/c1-4-27-23-30-31(45(2,3)41-39(40(30)55)28-9-8-26(25-46)22-33(28)48-41)24-35(27)50-14-16-51(17-15-50)37(54)12-18-59-20-21-60-19-13-47-32-7-5-6-29-38(32)44(58)52(43(29)57)34-10-11-36(53)49-42(34)56/h5-7,22-24,34,47-48H,4,8-21H2,1-3H3,(H,49,53,56). The van der Waals surface area contributed by atoms with Crippen LogP contribution in [0.5, 0.6) is 0 Å². The van der Waals surface area contributed by atoms with Gasteiger partial charge in [0.1, 0.15) is 6.04 Å². The van der Waals surface area contributed by atoms with E-state index < -0.39 is 35.1 Å². The zero-order chi connectivity index (χ0) is 42.3. The lowest BCUT2D eigenvalue weighted by atomic mass is 9.70. The van der Waals surface area contributed by atoms with Crippen molar-refractivity contribution in [3.63, 3.8) is 0 Å². The maximum absolute atomic E-state index is 14.1. The highest BCUT2D eigenvalue weighted by atomic mass is 16.5. The summed E-state index contributed by atoms with van der Waals surface area (Å²) in [7, 11) is 0. The molecule has 312 valence electrons. The summed E-state index contributed by atoms with van der Waals surface area (Å²) in [5, 5.41) is 14.8. The van der Waals surface area contributed by atoms with E-state index in [1.165, 1.54) is 0 Å². The third-order valence-electron chi connectivity index (χ3n) is 12.4. The van der Waals surface area contributed by atoms with E-state index >= 15 is 0 Å². The van der Waals surface area contributed by atoms with Crippen molar-refractivity contribution in [3.05, 3.63) is 86.2 Å². The minimum absolute atomic E-state index is 0.0316. The molecule has 2 fully saturated rings. The number of rotatable bonds is 13. The number of carbonyl (C=O) groups is 6. The van der Waals surface area contributed by atoms with Gasteiger partial charge in [-0.1, -0.05) is 26.8 Å². The maximum Gasteiger partial charge on any atom is 0.264 e. The Hall–Kier alpha value is -6.11. The van der Waals surface area contributed by atoms with Crippen molar-refractivity contribution in [1.29, 1.82) is 5.26 Å². The van der Waals surface area contributed by atoms with Crippen LogP contribution in [0.3, 0.4) is 0 Å². The molecule has 15 nitrogen and oxygen atoms in total. The minimum atomic E-state index is -1.03. The van der Waals surface area contributed by atoms with E-state index in [2.05, 4.69) is 59.5 Å². The zero-order valence-corrected chi connectivity index (χ0v) is 34.2. The second kappa shape index (κ2) is 16.5. The van der Waals surface area contributed by atoms with E-state index in [9.17, 15) is 34.0 Å². The first-order valence-electron chi connectivity index (χ1n) is 20.8. The molecule has 5 aliphatic rings. The summed E-state index contributed by atoms with van der Waals surface area (Å²) in [5.74, 6) is -2.15. The molecule has 2 saturated heterocycles. The van der Waals surface area contributed by atoms with Crippen molar-refractivity contribution in [1.82, 2.24) is 20.1 Å². The number of piperazine rings is 1. The monoisotopic (exact) mass is 815 g/mol. The second-order valence-corrected chi connectivity index (χ2v) is 16.3. The van der Waals surface area contributed by atoms with Crippen molar-refractivity contribution < 1.29 is 38.2 Å². The zero-order valence-electron chi connectivity index (χ0n) is 34.2. The van der Waals surface area contributed by atoms with Gasteiger partial charge in [0, 0.05) is 84.0 Å². The molecule has 0 saturated carbocycles. The van der Waals surface area contributed by atoms with E-state index in [-0.39, 0.29) is 48.7 Å². The first-order chi connectivity index (χ1) is 28.9. The number of hydrogen-bond acceptors (Lipinski definition) is 11. The lowest BCUT2D eigenvalue weighted by molar-refractivity contribution is -0.136. The Morgan fingerprint density at radius 2 is 1.70 bits per heavy atom. The molecule has 60 heavy (non-hydrogen) atoms. The van der Waals surface area contributed by atoms with Gasteiger partial charge in [0.25, 0.3) is 11.8 Å². The fraction of sp³-hybridized carbons (Fsp3) is 0.444. The van der Waals surface area contributed by atoms with E-state index in [0.717, 1.165) is 61.8 Å². The van der Waals surface area contributed by atoms with Gasteiger partial charge in [0.2, 0.25) is 17.7 Å². The van der Waals surface area contributed by atoms with E-state index in [4.69, 9.17) is 9.47 Å². The Bertz CT molecular complexity index is 2380. The smallest absolute Gasteiger partial charge is 0.264 e. The van der Waals surface area contributed by atoms with Gasteiger partial charge in [-0.2, -0.15) is 5.26 Å². The normalized spacial score (nSPS) is 19.3. The Morgan fingerprint density at radius 3 is 2.43 bits per heavy atom. The highest BCUT2D eigenvalue weighted by molar-refractivity contribution is 6.25. The highest BCUT2D eigenvalue weighted by Gasteiger charge is 2.46. The number of benzene rings is 2. The highest BCUT2D eigenvalue weighted by Crippen LogP contribution is 2.46. The number of ketones is 1. The van der Waals surface area contributed by atoms with Crippen LogP contribution in [0.4, 0.5) is 11.4 Å². The van der Waals surface area contributed by atoms with Crippen molar-refractivity contribution in [2.45, 2.75) is 70.8 Å². The quantitative estimate of drug-likeness (QED) is 0.168. The number of allylic oxidation sites excluding steroid dienone is 1. The van der Waals surface area contributed by atoms with Crippen molar-refractivity contribution >= 4 is 52.8 Å². The Balaban J connectivity index is 0.773. The van der Waals surface area contributed by atoms with Gasteiger partial charge in [0.15, 0.2) is 5.78 Å². The average Bonchev–Trinajstić information content (AvgIpc) is 3.77. The third-order valence-corrected chi connectivity index (χ3v) is 12.4. The number of piperidine rings is 1. The number of fused-ring (bicyclic) bond motifs is 5. The first kappa shape index (κ1) is 40.7. The SMILES string of the molecule is CCc1cc2c(cc1N1CCN(C(=O)CCOCCOCCNc3cccc4c3C(=O)N(C3CCC(=O)NC3=O)C4=O)CC1)C(C)(C)c1[nH]c3c(c1C2=O)CCC(C#N)=C3. The number of aromatic nitrogens is 1. The number of nitrogens with zero attached hydrogens (tertiary/aromatic N) is 4. The van der Waals surface area contributed by atoms with Crippen LogP contribution < -0.4 is 15.5 Å². The van der Waals surface area contributed by atoms with Gasteiger partial charge in [-0.05, 0) is 72.7 Å². The van der Waals surface area contributed by atoms with Crippen LogP contribution in [0.2, 0.25) is 0 Å². The molecule has 1 unspecified atom stereocenters. The van der Waals surface area contributed by atoms with E-state index in [1.807, 2.05) is 11.0 Å². The predicted octanol–water partition coefficient (Wildman–Crippen LogP) is 3.89. The Morgan fingerprint density at radius 1 is 0.933 bits per heavy atom. The molecule has 1 atom stereocenters. The number of anilines is 2. The van der Waals surface area contributed by atoms with Gasteiger partial charge in [-0.15, -0.1) is 0 Å². The lowest BCUT2D eigenvalue weighted by Gasteiger charge is -2.39. The number of imide groups is 2. The molecule has 2 aromatic carbocycles. The average molecular weight is 816 g/mol. The third kappa shape index (κ3) is 7.28. The van der Waals surface area contributed by atoms with Crippen LogP contribution in [0.1, 0.15) is 111 Å². The molecule has 0 bridgehead atoms. The fourth-order valence-corrected chi connectivity index (χ4v) is 9.20. The van der Waals surface area contributed by atoms with Gasteiger partial charge < -0.3 is 29.6 Å². The second-order valence-electron chi connectivity index (χ2n) is 16.3. The molecule has 2 aliphatic carbocycles. The molecule has 8 rings (SSSR count). The van der Waals surface area contributed by atoms with Crippen LogP contribution in [-0.2, 0) is 42.1 Å². The molecular weight excluding hydrogens is 767 g/mol. The van der Waals surface area contributed by atoms with Crippen LogP contribution in [0, 0.1) is 11.3 Å². The summed E-state index contributed by atoms with van der Waals surface area (Å²) in [6.45, 7) is 10.4. The number of ether oxygens (including phenoxy) is 2. The molecule has 15 heteroatoms. The molecule has 3 N–H and O–H groups in total. The van der Waals surface area contributed by atoms with Crippen LogP contribution in [0.25, 0.3) is 6.08 Å². The van der Waals surface area contributed by atoms with Crippen molar-refractivity contribution in [2.75, 3.05) is 69.4 Å². The molecule has 0 spiro atoms. The molecule has 3 aromatic rings. The minimum Gasteiger partial charge on any atom is -0.382 e. The van der Waals surface area contributed by atoms with Crippen LogP contribution in [-0.4, -0.2) is 115 Å². The summed E-state index contributed by atoms with van der Waals surface area (Å²) >= 11 is 0. The summed E-state index contributed by atoms with van der Waals surface area (Å²) in [4.78, 5) is 86.2. The van der Waals surface area contributed by atoms with Gasteiger partial charge in [-0.25, -0.2) is 0 Å². The number of nitriles is 1. The summed E-state index contributed by atoms with van der Waals surface area (Å²) in [5.41, 5.74) is 8.60. The molecule has 4 heterocycles. The van der Waals surface area contributed by atoms with Crippen LogP contribution >= 0.6 is 0 Å². The largest absolute Gasteiger partial charge is 0.382 e. The number of aryl methyl sites for hydroxylation is 1. The predicted molar refractivity (Wildman–Crippen MR) is 221 cm³/mol. The topological polar surface area (TPSA) is 194 Å². The number of hydrogen-bond donors (Lipinski definition) is 3. The number of H-pyrrole nitrogens is 1. The molecule has 1 aromatic heterocycles. The Labute approximate surface area is 348 Å². The molecule has 3 aliphatic heterocycles. The van der Waals surface area contributed by atoms with Gasteiger partial charge in [0.05, 0.1) is 50.0 Å². The van der Waals surface area contributed by atoms with E-state index in [0.29, 0.717) is 71.1 Å². The first-order valence-corrected chi connectivity index (χ1v) is 20.8. The molecular formula is C45H49N7O8. The lowest BCUT2D eigenvalue weighted by Crippen LogP contribution is -2.54. The van der Waals surface area contributed by atoms with Gasteiger partial charge >= 0.3 is 0 Å². The number of carbonyl (C=O) groups excluding carboxylic acids is 6. The number of nitrogens with one attached hydrogen (secondary N) is 3. The maximum atomic E-state index is 14.1. The van der Waals surface area contributed by atoms with E-state index in [1.54, 1.807) is 18.2 Å². The summed E-state index contributed by atoms with van der Waals surface area (Å²) in [6, 6.07) is 10.4. The van der Waals surface area contributed by atoms with Crippen LogP contribution in [0.15, 0.2) is 35.9 Å². The summed E-state index contributed by atoms with van der Waals surface area (Å²) in [6.07, 6.45) is 4.36. The fourth-order valence-electron chi connectivity index (χ4n) is 9.20.